The summed E-state index contributed by atoms with van der Waals surface area (Å²) in [6.45, 7) is 3.44. The van der Waals surface area contributed by atoms with Crippen LogP contribution in [0.15, 0.2) is 0 Å². The molecule has 4 heterocycles. The highest BCUT2D eigenvalue weighted by atomic mass is 16.7. The summed E-state index contributed by atoms with van der Waals surface area (Å²) < 4.78 is 32.7. The van der Waals surface area contributed by atoms with Gasteiger partial charge in [0.1, 0.15) is 54.7 Å². The lowest BCUT2D eigenvalue weighted by Crippen LogP contribution is -2.68. The molecular weight excluding hydrogens is 604 g/mol. The van der Waals surface area contributed by atoms with Crippen molar-refractivity contribution in [3.8, 4) is 0 Å². The Morgan fingerprint density at radius 2 is 1.38 bits per heavy atom. The van der Waals surface area contributed by atoms with Crippen LogP contribution in [0.1, 0.15) is 52.4 Å². The Hall–Kier alpha value is -2.07. The minimum atomic E-state index is -1.48. The number of unbranched alkanes of at least 4 members (excludes halogenated alkanes) is 1. The van der Waals surface area contributed by atoms with Crippen LogP contribution in [-0.4, -0.2) is 137 Å². The van der Waals surface area contributed by atoms with E-state index in [1.807, 2.05) is 6.92 Å². The van der Waals surface area contributed by atoms with Crippen LogP contribution in [0.25, 0.3) is 0 Å². The molecule has 258 valence electrons. The number of hydrogen-bond acceptors (Lipinski definition) is 15. The number of ether oxygens (including phenoxy) is 6. The minimum Gasteiger partial charge on any atom is -0.480 e. The van der Waals surface area contributed by atoms with E-state index in [0.717, 1.165) is 0 Å². The standard InChI is InChI=1S/C27H46N4O14/c1-3-6-14(32)29-18-20(35)22-13(43-25(18)39)10-41-27(45-22)31-16(23(36)37)11(2)7-4-5-8-15(33)30-17-19(34)21-12(42-24(17)38)9-40-26(28)44-21/h11-13,16-22,24-27,31,34-35,38-39H,3-10,28H2,1-2H3,(H,29,32)(H,30,33)(H,36,37)/t11?,12-,13-,16+,17-,18-,19-,20-,21-,22-,24?,25?,26?,27?/m1/s1. The summed E-state index contributed by atoms with van der Waals surface area (Å²) in [6, 6.07) is -3.40. The number of aliphatic carboxylic acids is 1. The molecule has 5 unspecified atom stereocenters. The van der Waals surface area contributed by atoms with Crippen LogP contribution in [0.4, 0.5) is 0 Å². The lowest BCUT2D eigenvalue weighted by atomic mass is 9.94. The van der Waals surface area contributed by atoms with Gasteiger partial charge in [-0.3, -0.25) is 25.4 Å². The molecular formula is C27H46N4O14. The number of aliphatic hydroxyl groups excluding tert-OH is 4. The van der Waals surface area contributed by atoms with Crippen molar-refractivity contribution in [3.05, 3.63) is 0 Å². The predicted molar refractivity (Wildman–Crippen MR) is 148 cm³/mol. The molecule has 4 fully saturated rings. The summed E-state index contributed by atoms with van der Waals surface area (Å²) in [6.07, 6.45) is -9.25. The molecule has 2 amide bonds. The van der Waals surface area contributed by atoms with E-state index in [1.54, 1.807) is 6.92 Å². The summed E-state index contributed by atoms with van der Waals surface area (Å²) in [4.78, 5) is 36.7. The predicted octanol–water partition coefficient (Wildman–Crippen LogP) is -3.49. The Morgan fingerprint density at radius 3 is 1.96 bits per heavy atom. The highest BCUT2D eigenvalue weighted by molar-refractivity contribution is 5.76. The average molecular weight is 651 g/mol. The van der Waals surface area contributed by atoms with E-state index in [0.29, 0.717) is 25.7 Å². The number of carboxylic acid groups (broad SMARTS) is 1. The smallest absolute Gasteiger partial charge is 0.321 e. The van der Waals surface area contributed by atoms with Gasteiger partial charge in [-0.05, 0) is 25.2 Å². The van der Waals surface area contributed by atoms with Crippen molar-refractivity contribution in [1.82, 2.24) is 16.0 Å². The van der Waals surface area contributed by atoms with Crippen molar-refractivity contribution in [2.75, 3.05) is 13.2 Å². The number of rotatable bonds is 13. The molecule has 0 saturated carbocycles. The molecule has 4 saturated heterocycles. The molecule has 10 N–H and O–H groups in total. The molecule has 0 aliphatic carbocycles. The quantitative estimate of drug-likeness (QED) is 0.0875. The van der Waals surface area contributed by atoms with Gasteiger partial charge in [-0.25, -0.2) is 0 Å². The number of carboxylic acids is 1. The lowest BCUT2D eigenvalue weighted by Gasteiger charge is -2.47. The van der Waals surface area contributed by atoms with Crippen molar-refractivity contribution >= 4 is 17.8 Å². The molecule has 18 nitrogen and oxygen atoms in total. The summed E-state index contributed by atoms with van der Waals surface area (Å²) in [5, 5.41) is 59.8. The van der Waals surface area contributed by atoms with Crippen LogP contribution in [0.2, 0.25) is 0 Å². The molecule has 0 aromatic rings. The zero-order chi connectivity index (χ0) is 32.8. The van der Waals surface area contributed by atoms with Gasteiger partial charge in [-0.15, -0.1) is 0 Å². The lowest BCUT2D eigenvalue weighted by molar-refractivity contribution is -0.341. The third-order valence-electron chi connectivity index (χ3n) is 8.39. The van der Waals surface area contributed by atoms with Crippen LogP contribution < -0.4 is 21.7 Å². The van der Waals surface area contributed by atoms with E-state index < -0.39 is 98.0 Å². The van der Waals surface area contributed by atoms with Crippen molar-refractivity contribution in [1.29, 1.82) is 0 Å². The maximum atomic E-state index is 12.6. The fraction of sp³-hybridized carbons (Fsp3) is 0.889. The number of amides is 2. The zero-order valence-corrected chi connectivity index (χ0v) is 25.2. The Balaban J connectivity index is 1.21. The maximum Gasteiger partial charge on any atom is 0.321 e. The molecule has 18 heteroatoms. The first-order valence-electron chi connectivity index (χ1n) is 15.3. The van der Waals surface area contributed by atoms with Crippen LogP contribution in [-0.2, 0) is 42.8 Å². The van der Waals surface area contributed by atoms with Crippen LogP contribution >= 0.6 is 0 Å². The molecule has 0 spiro atoms. The molecule has 4 rings (SSSR count). The van der Waals surface area contributed by atoms with Crippen molar-refractivity contribution in [2.45, 2.75) is 133 Å². The van der Waals surface area contributed by atoms with Crippen LogP contribution in [0.5, 0.6) is 0 Å². The third-order valence-corrected chi connectivity index (χ3v) is 8.39. The Morgan fingerprint density at radius 1 is 0.822 bits per heavy atom. The van der Waals surface area contributed by atoms with Crippen molar-refractivity contribution in [3.63, 3.8) is 0 Å². The number of carbonyl (C=O) groups is 3. The van der Waals surface area contributed by atoms with Crippen molar-refractivity contribution < 1.29 is 68.3 Å². The first-order chi connectivity index (χ1) is 21.4. The highest BCUT2D eigenvalue weighted by Crippen LogP contribution is 2.29. The van der Waals surface area contributed by atoms with Crippen LogP contribution in [0, 0.1) is 5.92 Å². The number of aliphatic hydroxyl groups is 4. The van der Waals surface area contributed by atoms with Gasteiger partial charge in [0.15, 0.2) is 12.6 Å². The van der Waals surface area contributed by atoms with Gasteiger partial charge in [0.05, 0.1) is 13.2 Å². The molecule has 4 aliphatic rings. The second kappa shape index (κ2) is 16.2. The second-order valence-corrected chi connectivity index (χ2v) is 11.8. The number of nitrogens with two attached hydrogens (primary N) is 1. The maximum absolute atomic E-state index is 12.6. The van der Waals surface area contributed by atoms with E-state index in [1.165, 1.54) is 0 Å². The fourth-order valence-corrected chi connectivity index (χ4v) is 5.91. The number of fused-ring (bicyclic) bond motifs is 2. The van der Waals surface area contributed by atoms with E-state index >= 15 is 0 Å². The van der Waals surface area contributed by atoms with E-state index in [4.69, 9.17) is 34.2 Å². The summed E-state index contributed by atoms with van der Waals surface area (Å²) >= 11 is 0. The topological polar surface area (TPSA) is 270 Å². The van der Waals surface area contributed by atoms with E-state index in [2.05, 4.69) is 16.0 Å². The summed E-state index contributed by atoms with van der Waals surface area (Å²) in [5.74, 6) is -2.41. The van der Waals surface area contributed by atoms with E-state index in [9.17, 15) is 39.9 Å². The van der Waals surface area contributed by atoms with Gasteiger partial charge in [0, 0.05) is 12.8 Å². The molecule has 0 aromatic carbocycles. The van der Waals surface area contributed by atoms with Gasteiger partial charge in [-0.1, -0.05) is 20.3 Å². The van der Waals surface area contributed by atoms with Gasteiger partial charge in [-0.2, -0.15) is 0 Å². The van der Waals surface area contributed by atoms with Gasteiger partial charge >= 0.3 is 5.97 Å². The molecule has 45 heavy (non-hydrogen) atoms. The Kier molecular flexibility index (Phi) is 12.8. The Labute approximate surface area is 259 Å². The Bertz CT molecular complexity index is 1010. The zero-order valence-electron chi connectivity index (χ0n) is 25.2. The van der Waals surface area contributed by atoms with Gasteiger partial charge in [0.25, 0.3) is 0 Å². The molecule has 0 aromatic heterocycles. The molecule has 4 aliphatic heterocycles. The van der Waals surface area contributed by atoms with Gasteiger partial charge < -0.3 is 64.6 Å². The molecule has 0 radical (unpaired) electrons. The van der Waals surface area contributed by atoms with Crippen LogP contribution in [0.3, 0.4) is 0 Å². The second-order valence-electron chi connectivity index (χ2n) is 11.8. The fourth-order valence-electron chi connectivity index (χ4n) is 5.91. The SMILES string of the molecule is CCCC(=O)N[C@H]1C(O)O[C@@H]2COC(N[C@H](C(=O)O)C(C)CCCCC(=O)N[C@H]3C(O)O[C@@H]4COC(N)O[C@H]4[C@@H]3O)O[C@H]2[C@@H]1O. The summed E-state index contributed by atoms with van der Waals surface area (Å²) in [5.41, 5.74) is 5.59. The van der Waals surface area contributed by atoms with Crippen molar-refractivity contribution in [2.24, 2.45) is 11.7 Å². The highest BCUT2D eigenvalue weighted by Gasteiger charge is 2.50. The first kappa shape index (κ1) is 35.8. The number of hydrogen-bond donors (Lipinski definition) is 9. The minimum absolute atomic E-state index is 0.0187. The average Bonchev–Trinajstić information content (AvgIpc) is 2.99. The van der Waals surface area contributed by atoms with E-state index in [-0.39, 0.29) is 32.0 Å². The molecule has 0 bridgehead atoms. The first-order valence-corrected chi connectivity index (χ1v) is 15.3. The monoisotopic (exact) mass is 650 g/mol. The molecule has 14 atom stereocenters. The third kappa shape index (κ3) is 9.05. The number of carbonyl (C=O) groups excluding carboxylic acids is 2. The number of nitrogens with one attached hydrogen (secondary N) is 3. The van der Waals surface area contributed by atoms with Gasteiger partial charge in [0.2, 0.25) is 24.6 Å². The summed E-state index contributed by atoms with van der Waals surface area (Å²) in [7, 11) is 0. The normalized spacial score (nSPS) is 39.5. The largest absolute Gasteiger partial charge is 0.480 e.